The van der Waals surface area contributed by atoms with Crippen molar-refractivity contribution in [2.75, 3.05) is 0 Å². The Morgan fingerprint density at radius 1 is 0.750 bits per heavy atom. The van der Waals surface area contributed by atoms with E-state index in [1.165, 1.54) is 24.3 Å². The predicted octanol–water partition coefficient (Wildman–Crippen LogP) is 3.83. The summed E-state index contributed by atoms with van der Waals surface area (Å²) >= 11 is -4.47. The first-order valence-corrected chi connectivity index (χ1v) is 15.6. The lowest BCUT2D eigenvalue weighted by Gasteiger charge is -2.17. The van der Waals surface area contributed by atoms with Crippen LogP contribution in [0.5, 0.6) is 0 Å². The molecule has 3 aromatic carbocycles. The maximum Gasteiger partial charge on any atom is 0.416 e. The first-order valence-electron chi connectivity index (χ1n) is 13.1. The van der Waals surface area contributed by atoms with Gasteiger partial charge < -0.3 is 19.7 Å². The Labute approximate surface area is 255 Å². The quantitative estimate of drug-likeness (QED) is 0.223. The fourth-order valence-electron chi connectivity index (χ4n) is 4.38. The normalized spacial score (nSPS) is 12.9. The summed E-state index contributed by atoms with van der Waals surface area (Å²) in [6.45, 7) is 0.388. The van der Waals surface area contributed by atoms with Gasteiger partial charge in [-0.2, -0.15) is 13.2 Å². The molecule has 0 saturated carbocycles. The van der Waals surface area contributed by atoms with Gasteiger partial charge in [-0.3, -0.25) is 22.6 Å². The molecular formula is C30H26F3N3O6S2-2. The van der Waals surface area contributed by atoms with Crippen LogP contribution in [0.15, 0.2) is 89.7 Å². The van der Waals surface area contributed by atoms with Crippen LogP contribution in [0.3, 0.4) is 0 Å². The minimum Gasteiger partial charge on any atom is -0.772 e. The Hall–Kier alpha value is -3.95. The number of rotatable bonds is 12. The standard InChI is InChI=1S/C30H28F3N3O6S2/c31-30(32,33)24-2-1-3-25(14-24)36-26(17-34-15-20-4-8-22(9-5-20)18-43(39)40)12-13-27(29(36)38)28(37)35-16-21-6-10-23(11-7-21)19-44(41)42/h1-14,34H,15-19H2,(H,35,37)(H,39,40)(H,41,42)/p-2. The van der Waals surface area contributed by atoms with Crippen molar-refractivity contribution < 1.29 is 35.5 Å². The van der Waals surface area contributed by atoms with Crippen LogP contribution in [0.25, 0.3) is 5.69 Å². The van der Waals surface area contributed by atoms with Crippen molar-refractivity contribution in [3.05, 3.63) is 134 Å². The van der Waals surface area contributed by atoms with Gasteiger partial charge in [0.15, 0.2) is 0 Å². The second-order valence-corrected chi connectivity index (χ2v) is 11.5. The number of nitrogens with one attached hydrogen (secondary N) is 2. The lowest BCUT2D eigenvalue weighted by molar-refractivity contribution is -0.137. The molecule has 1 amide bonds. The van der Waals surface area contributed by atoms with E-state index >= 15 is 0 Å². The van der Waals surface area contributed by atoms with Crippen molar-refractivity contribution in [3.63, 3.8) is 0 Å². The van der Waals surface area contributed by atoms with Crippen LogP contribution in [0, 0.1) is 0 Å². The molecule has 1 heterocycles. The topological polar surface area (TPSA) is 143 Å². The van der Waals surface area contributed by atoms with E-state index < -0.39 is 45.4 Å². The van der Waals surface area contributed by atoms with Crippen LogP contribution in [0.1, 0.15) is 43.9 Å². The SMILES string of the molecule is O=C(NCc1ccc(CS(=O)[O-])cc1)c1ccc(CNCc2ccc(CS(=O)[O-])cc2)n(-c2cccc(C(F)(F)F)c2)c1=O. The maximum atomic E-state index is 13.6. The summed E-state index contributed by atoms with van der Waals surface area (Å²) in [4.78, 5) is 26.6. The van der Waals surface area contributed by atoms with Crippen molar-refractivity contribution in [3.8, 4) is 5.69 Å². The van der Waals surface area contributed by atoms with Gasteiger partial charge in [0.1, 0.15) is 5.56 Å². The highest BCUT2D eigenvalue weighted by molar-refractivity contribution is 7.78. The minimum atomic E-state index is -4.66. The third kappa shape index (κ3) is 9.03. The Balaban J connectivity index is 1.57. The predicted molar refractivity (Wildman–Crippen MR) is 157 cm³/mol. The Morgan fingerprint density at radius 2 is 1.30 bits per heavy atom. The van der Waals surface area contributed by atoms with Crippen LogP contribution in [-0.2, 0) is 59.5 Å². The summed E-state index contributed by atoms with van der Waals surface area (Å²) in [6.07, 6.45) is -4.66. The highest BCUT2D eigenvalue weighted by Crippen LogP contribution is 2.30. The monoisotopic (exact) mass is 645 g/mol. The molecule has 0 saturated heterocycles. The van der Waals surface area contributed by atoms with Gasteiger partial charge in [-0.05, 0) is 52.6 Å². The number of carbonyl (C=O) groups excluding carboxylic acids is 1. The van der Waals surface area contributed by atoms with Gasteiger partial charge in [0, 0.05) is 42.5 Å². The molecule has 0 spiro atoms. The highest BCUT2D eigenvalue weighted by Gasteiger charge is 2.31. The molecule has 0 aliphatic heterocycles. The van der Waals surface area contributed by atoms with Crippen molar-refractivity contribution in [1.82, 2.24) is 15.2 Å². The molecule has 0 radical (unpaired) electrons. The van der Waals surface area contributed by atoms with E-state index in [1.807, 2.05) is 0 Å². The number of hydrogen-bond donors (Lipinski definition) is 2. The molecule has 0 fully saturated rings. The average Bonchev–Trinajstić information content (AvgIpc) is 2.97. The first kappa shape index (κ1) is 33.0. The fourth-order valence-corrected chi connectivity index (χ4v) is 5.31. The molecule has 2 unspecified atom stereocenters. The number of halogens is 3. The Morgan fingerprint density at radius 3 is 1.84 bits per heavy atom. The summed E-state index contributed by atoms with van der Waals surface area (Å²) < 4.78 is 85.1. The van der Waals surface area contributed by atoms with E-state index in [9.17, 15) is 40.3 Å². The molecule has 0 aliphatic rings. The fraction of sp³-hybridized carbons (Fsp3) is 0.200. The molecule has 14 heteroatoms. The van der Waals surface area contributed by atoms with Crippen molar-refractivity contribution >= 4 is 28.1 Å². The molecule has 232 valence electrons. The molecule has 1 aromatic heterocycles. The van der Waals surface area contributed by atoms with Crippen LogP contribution in [0.2, 0.25) is 0 Å². The van der Waals surface area contributed by atoms with Gasteiger partial charge in [-0.15, -0.1) is 0 Å². The van der Waals surface area contributed by atoms with E-state index in [-0.39, 0.29) is 35.8 Å². The number of carbonyl (C=O) groups is 1. The molecule has 44 heavy (non-hydrogen) atoms. The summed E-state index contributed by atoms with van der Waals surface area (Å²) in [7, 11) is 0. The molecule has 4 rings (SSSR count). The molecule has 2 N–H and O–H groups in total. The summed E-state index contributed by atoms with van der Waals surface area (Å²) in [6, 6.07) is 20.3. The number of aromatic nitrogens is 1. The highest BCUT2D eigenvalue weighted by atomic mass is 32.2. The zero-order chi connectivity index (χ0) is 31.9. The summed E-state index contributed by atoms with van der Waals surface area (Å²) in [5.74, 6) is -1.00. The Kier molecular flexibility index (Phi) is 11.0. The maximum absolute atomic E-state index is 13.6. The third-order valence-corrected chi connectivity index (χ3v) is 7.68. The lowest BCUT2D eigenvalue weighted by Crippen LogP contribution is -2.34. The molecule has 0 aliphatic carbocycles. The Bertz CT molecular complexity index is 1730. The van der Waals surface area contributed by atoms with E-state index in [2.05, 4.69) is 10.6 Å². The number of alkyl halides is 3. The van der Waals surface area contributed by atoms with Crippen LogP contribution >= 0.6 is 0 Å². The van der Waals surface area contributed by atoms with Gasteiger partial charge in [-0.1, -0.05) is 76.8 Å². The number of nitrogens with zero attached hydrogens (tertiary/aromatic N) is 1. The van der Waals surface area contributed by atoms with E-state index in [4.69, 9.17) is 0 Å². The van der Waals surface area contributed by atoms with Crippen molar-refractivity contribution in [2.45, 2.75) is 37.3 Å². The van der Waals surface area contributed by atoms with Crippen LogP contribution < -0.4 is 16.2 Å². The zero-order valence-corrected chi connectivity index (χ0v) is 24.6. The molecule has 9 nitrogen and oxygen atoms in total. The molecule has 4 aromatic rings. The minimum absolute atomic E-state index is 0.0232. The number of benzene rings is 3. The van der Waals surface area contributed by atoms with Crippen molar-refractivity contribution in [2.24, 2.45) is 0 Å². The van der Waals surface area contributed by atoms with E-state index in [0.29, 0.717) is 28.9 Å². The van der Waals surface area contributed by atoms with Gasteiger partial charge in [0.25, 0.3) is 11.5 Å². The first-order chi connectivity index (χ1) is 20.9. The van der Waals surface area contributed by atoms with E-state index in [0.717, 1.165) is 22.3 Å². The number of hydrogen-bond acceptors (Lipinski definition) is 7. The summed E-state index contributed by atoms with van der Waals surface area (Å²) in [5.41, 5.74) is 0.808. The third-order valence-electron chi connectivity index (χ3n) is 6.54. The zero-order valence-electron chi connectivity index (χ0n) is 23.0. The van der Waals surface area contributed by atoms with Crippen LogP contribution in [0.4, 0.5) is 13.2 Å². The number of amides is 1. The second-order valence-electron chi connectivity index (χ2n) is 9.74. The second kappa shape index (κ2) is 14.7. The summed E-state index contributed by atoms with van der Waals surface area (Å²) in [5, 5.41) is 5.75. The van der Waals surface area contributed by atoms with Gasteiger partial charge in [0.2, 0.25) is 0 Å². The van der Waals surface area contributed by atoms with E-state index in [1.54, 1.807) is 48.5 Å². The smallest absolute Gasteiger partial charge is 0.416 e. The van der Waals surface area contributed by atoms with Gasteiger partial charge in [0.05, 0.1) is 5.56 Å². The number of pyridine rings is 1. The molecule has 2 atom stereocenters. The van der Waals surface area contributed by atoms with Gasteiger partial charge in [-0.25, -0.2) is 0 Å². The molecule has 0 bridgehead atoms. The lowest BCUT2D eigenvalue weighted by atomic mass is 10.1. The van der Waals surface area contributed by atoms with Gasteiger partial charge >= 0.3 is 6.18 Å². The van der Waals surface area contributed by atoms with Crippen LogP contribution in [-0.4, -0.2) is 28.0 Å². The molecular weight excluding hydrogens is 619 g/mol. The average molecular weight is 646 g/mol. The largest absolute Gasteiger partial charge is 0.772 e. The van der Waals surface area contributed by atoms with Crippen molar-refractivity contribution in [1.29, 1.82) is 0 Å².